The molecule has 0 aliphatic heterocycles. The molecule has 1 unspecified atom stereocenters. The van der Waals surface area contributed by atoms with E-state index < -0.39 is 5.97 Å². The Morgan fingerprint density at radius 3 is 2.48 bits per heavy atom. The molecule has 1 aromatic rings. The van der Waals surface area contributed by atoms with Gasteiger partial charge in [-0.1, -0.05) is 42.8 Å². The van der Waals surface area contributed by atoms with Gasteiger partial charge in [-0.3, -0.25) is 9.59 Å². The topological polar surface area (TPSA) is 66.4 Å². The number of carboxylic acids is 1. The van der Waals surface area contributed by atoms with Crippen LogP contribution in [0.2, 0.25) is 0 Å². The van der Waals surface area contributed by atoms with Gasteiger partial charge in [0.05, 0.1) is 6.42 Å². The highest BCUT2D eigenvalue weighted by molar-refractivity contribution is 9.10. The van der Waals surface area contributed by atoms with Gasteiger partial charge in [0.1, 0.15) is 0 Å². The van der Waals surface area contributed by atoms with E-state index in [0.717, 1.165) is 10.0 Å². The summed E-state index contributed by atoms with van der Waals surface area (Å²) in [6.07, 6.45) is 0.536. The third-order valence-corrected chi connectivity index (χ3v) is 3.99. The molecule has 0 saturated carbocycles. The molecule has 2 N–H and O–H groups in total. The summed E-state index contributed by atoms with van der Waals surface area (Å²) >= 11 is 3.40. The lowest BCUT2D eigenvalue weighted by Gasteiger charge is -2.26. The molecule has 0 spiro atoms. The number of rotatable bonds is 5. The van der Waals surface area contributed by atoms with E-state index >= 15 is 0 Å². The van der Waals surface area contributed by atoms with Crippen LogP contribution in [0.3, 0.4) is 0 Å². The maximum Gasteiger partial charge on any atom is 0.305 e. The minimum atomic E-state index is -0.907. The second-order valence-electron chi connectivity index (χ2n) is 6.45. The van der Waals surface area contributed by atoms with Gasteiger partial charge in [-0.05, 0) is 36.5 Å². The molecule has 0 saturated heterocycles. The van der Waals surface area contributed by atoms with Gasteiger partial charge in [0.15, 0.2) is 0 Å². The van der Waals surface area contributed by atoms with Crippen molar-refractivity contribution >= 4 is 27.8 Å². The number of hydrogen-bond donors (Lipinski definition) is 2. The molecule has 0 bridgehead atoms. The maximum absolute atomic E-state index is 12.4. The van der Waals surface area contributed by atoms with Crippen LogP contribution in [0, 0.1) is 12.3 Å². The van der Waals surface area contributed by atoms with Crippen LogP contribution in [0.25, 0.3) is 0 Å². The number of halogens is 1. The highest BCUT2D eigenvalue weighted by atomic mass is 79.9. The molecule has 4 nitrogen and oxygen atoms in total. The third-order valence-electron chi connectivity index (χ3n) is 3.13. The summed E-state index contributed by atoms with van der Waals surface area (Å²) in [5.41, 5.74) is 1.35. The minimum absolute atomic E-state index is 0.0558. The van der Waals surface area contributed by atoms with Gasteiger partial charge in [0.25, 0.3) is 5.91 Å². The van der Waals surface area contributed by atoms with Gasteiger partial charge in [0.2, 0.25) is 0 Å². The zero-order valence-corrected chi connectivity index (χ0v) is 14.5. The summed E-state index contributed by atoms with van der Waals surface area (Å²) in [6.45, 7) is 7.93. The van der Waals surface area contributed by atoms with E-state index in [1.54, 1.807) is 12.1 Å². The first-order valence-electron chi connectivity index (χ1n) is 6.88. The van der Waals surface area contributed by atoms with Crippen molar-refractivity contribution in [2.24, 2.45) is 5.41 Å². The Kier molecular flexibility index (Phi) is 5.96. The first-order chi connectivity index (χ1) is 9.60. The molecule has 0 fully saturated rings. The molecule has 0 radical (unpaired) electrons. The van der Waals surface area contributed by atoms with Gasteiger partial charge >= 0.3 is 5.97 Å². The lowest BCUT2D eigenvalue weighted by molar-refractivity contribution is -0.137. The van der Waals surface area contributed by atoms with Crippen LogP contribution in [0.5, 0.6) is 0 Å². The molecular weight excluding hydrogens is 334 g/mol. The number of carbonyl (C=O) groups excluding carboxylic acids is 1. The van der Waals surface area contributed by atoms with Crippen LogP contribution in [-0.2, 0) is 4.79 Å². The largest absolute Gasteiger partial charge is 0.481 e. The zero-order valence-electron chi connectivity index (χ0n) is 12.9. The summed E-state index contributed by atoms with van der Waals surface area (Å²) < 4.78 is 0.862. The third kappa shape index (κ3) is 5.87. The van der Waals surface area contributed by atoms with E-state index in [-0.39, 0.29) is 23.8 Å². The van der Waals surface area contributed by atoms with Crippen LogP contribution in [-0.4, -0.2) is 23.0 Å². The highest BCUT2D eigenvalue weighted by Crippen LogP contribution is 2.23. The first-order valence-corrected chi connectivity index (χ1v) is 7.67. The highest BCUT2D eigenvalue weighted by Gasteiger charge is 2.23. The molecule has 0 aliphatic rings. The van der Waals surface area contributed by atoms with Crippen molar-refractivity contribution in [1.29, 1.82) is 0 Å². The first kappa shape index (κ1) is 17.7. The number of hydrogen-bond acceptors (Lipinski definition) is 2. The van der Waals surface area contributed by atoms with Gasteiger partial charge in [0, 0.05) is 16.1 Å². The molecule has 21 heavy (non-hydrogen) atoms. The Hall–Kier alpha value is -1.36. The van der Waals surface area contributed by atoms with E-state index in [2.05, 4.69) is 21.2 Å². The number of amides is 1. The Balaban J connectivity index is 2.89. The summed E-state index contributed by atoms with van der Waals surface area (Å²) in [6, 6.07) is 5.02. The van der Waals surface area contributed by atoms with E-state index in [0.29, 0.717) is 12.0 Å². The predicted octanol–water partition coefficient (Wildman–Crippen LogP) is 3.77. The van der Waals surface area contributed by atoms with Crippen molar-refractivity contribution in [3.63, 3.8) is 0 Å². The van der Waals surface area contributed by atoms with E-state index in [1.807, 2.05) is 33.8 Å². The molecule has 1 aromatic carbocycles. The molecular formula is C16H22BrNO3. The van der Waals surface area contributed by atoms with Crippen molar-refractivity contribution in [3.05, 3.63) is 33.8 Å². The zero-order chi connectivity index (χ0) is 16.2. The fraction of sp³-hybridized carbons (Fsp3) is 0.500. The Labute approximate surface area is 134 Å². The van der Waals surface area contributed by atoms with Crippen molar-refractivity contribution in [3.8, 4) is 0 Å². The molecule has 0 aliphatic carbocycles. The van der Waals surface area contributed by atoms with Gasteiger partial charge in [-0.25, -0.2) is 0 Å². The predicted molar refractivity (Wildman–Crippen MR) is 86.5 cm³/mol. The quantitative estimate of drug-likeness (QED) is 0.844. The Morgan fingerprint density at radius 2 is 1.95 bits per heavy atom. The Morgan fingerprint density at radius 1 is 1.33 bits per heavy atom. The van der Waals surface area contributed by atoms with Crippen LogP contribution in [0.15, 0.2) is 22.7 Å². The number of aliphatic carboxylic acids is 1. The number of carbonyl (C=O) groups is 2. The normalized spacial score (nSPS) is 12.8. The monoisotopic (exact) mass is 355 g/mol. The molecule has 5 heteroatoms. The van der Waals surface area contributed by atoms with Crippen LogP contribution in [0.1, 0.15) is 49.5 Å². The smallest absolute Gasteiger partial charge is 0.305 e. The van der Waals surface area contributed by atoms with Crippen molar-refractivity contribution in [2.45, 2.75) is 46.6 Å². The van der Waals surface area contributed by atoms with Crippen molar-refractivity contribution in [1.82, 2.24) is 5.32 Å². The van der Waals surface area contributed by atoms with E-state index in [9.17, 15) is 9.59 Å². The number of benzene rings is 1. The van der Waals surface area contributed by atoms with Crippen LogP contribution >= 0.6 is 15.9 Å². The van der Waals surface area contributed by atoms with Crippen molar-refractivity contribution < 1.29 is 14.7 Å². The summed E-state index contributed by atoms with van der Waals surface area (Å²) in [5.74, 6) is -1.14. The molecule has 1 atom stereocenters. The van der Waals surface area contributed by atoms with Crippen LogP contribution in [0.4, 0.5) is 0 Å². The molecule has 0 heterocycles. The maximum atomic E-state index is 12.4. The second kappa shape index (κ2) is 7.07. The van der Waals surface area contributed by atoms with E-state index in [4.69, 9.17) is 5.11 Å². The lowest BCUT2D eigenvalue weighted by atomic mass is 9.87. The average molecular weight is 356 g/mol. The lowest BCUT2D eigenvalue weighted by Crippen LogP contribution is -2.39. The summed E-state index contributed by atoms with van der Waals surface area (Å²) in [5, 5.41) is 11.9. The molecule has 0 aromatic heterocycles. The second-order valence-corrected chi connectivity index (χ2v) is 7.30. The number of carboxylic acid groups (broad SMARTS) is 1. The molecule has 1 rings (SSSR count). The fourth-order valence-electron chi connectivity index (χ4n) is 2.24. The fourth-order valence-corrected chi connectivity index (χ4v) is 2.61. The van der Waals surface area contributed by atoms with Gasteiger partial charge < -0.3 is 10.4 Å². The Bertz CT molecular complexity index is 535. The number of nitrogens with one attached hydrogen (secondary N) is 1. The summed E-state index contributed by atoms with van der Waals surface area (Å²) in [7, 11) is 0. The minimum Gasteiger partial charge on any atom is -0.481 e. The van der Waals surface area contributed by atoms with Crippen molar-refractivity contribution in [2.75, 3.05) is 0 Å². The summed E-state index contributed by atoms with van der Waals surface area (Å²) in [4.78, 5) is 23.3. The van der Waals surface area contributed by atoms with Gasteiger partial charge in [-0.15, -0.1) is 0 Å². The molecule has 1 amide bonds. The van der Waals surface area contributed by atoms with E-state index in [1.165, 1.54) is 0 Å². The molecule has 116 valence electrons. The standard InChI is InChI=1S/C16H22BrNO3/c1-10-12(6-5-7-13(10)17)15(21)18-11(8-14(19)20)9-16(2,3)4/h5-7,11H,8-9H2,1-4H3,(H,18,21)(H,19,20). The SMILES string of the molecule is Cc1c(Br)cccc1C(=O)NC(CC(=O)O)CC(C)(C)C. The van der Waals surface area contributed by atoms with Crippen LogP contribution < -0.4 is 5.32 Å². The average Bonchev–Trinajstić information content (AvgIpc) is 2.29. The van der Waals surface area contributed by atoms with Gasteiger partial charge in [-0.2, -0.15) is 0 Å².